The molecule has 1 N–H and O–H groups in total. The summed E-state index contributed by atoms with van der Waals surface area (Å²) in [5.41, 5.74) is 2.38. The van der Waals surface area contributed by atoms with Gasteiger partial charge in [0.15, 0.2) is 5.65 Å². The van der Waals surface area contributed by atoms with Crippen LogP contribution < -0.4 is 10.6 Å². The van der Waals surface area contributed by atoms with Crippen LogP contribution in [-0.4, -0.2) is 61.1 Å². The lowest BCUT2D eigenvalue weighted by molar-refractivity contribution is -0.132. The van der Waals surface area contributed by atoms with Crippen molar-refractivity contribution in [3.05, 3.63) is 70.3 Å². The number of halogens is 1. The van der Waals surface area contributed by atoms with E-state index in [9.17, 15) is 14.7 Å². The van der Waals surface area contributed by atoms with E-state index in [-0.39, 0.29) is 35.1 Å². The van der Waals surface area contributed by atoms with E-state index in [4.69, 9.17) is 0 Å². The number of carbonyl (C=O) groups excluding carboxylic acids is 1. The molecule has 1 atom stereocenters. The molecule has 1 aromatic carbocycles. The first kappa shape index (κ1) is 27.8. The van der Waals surface area contributed by atoms with Gasteiger partial charge in [0.1, 0.15) is 17.4 Å². The van der Waals surface area contributed by atoms with Gasteiger partial charge in [0.2, 0.25) is 5.91 Å². The number of likely N-dealkylation sites (tertiary alicyclic amines) is 1. The first-order chi connectivity index (χ1) is 20.2. The number of nitrogens with zero attached hydrogens (tertiary/aromatic N) is 6. The van der Waals surface area contributed by atoms with Crippen LogP contribution in [0.15, 0.2) is 47.5 Å². The van der Waals surface area contributed by atoms with E-state index in [1.807, 2.05) is 43.6 Å². The fourth-order valence-electron chi connectivity index (χ4n) is 6.43. The molecule has 42 heavy (non-hydrogen) atoms. The van der Waals surface area contributed by atoms with Crippen molar-refractivity contribution < 1.29 is 14.3 Å². The van der Waals surface area contributed by atoms with E-state index in [0.29, 0.717) is 41.2 Å². The van der Waals surface area contributed by atoms with Gasteiger partial charge in [0, 0.05) is 49.6 Å². The Kier molecular flexibility index (Phi) is 7.16. The second kappa shape index (κ2) is 10.8. The largest absolute Gasteiger partial charge is 0.507 e. The highest BCUT2D eigenvalue weighted by Crippen LogP contribution is 2.40. The summed E-state index contributed by atoms with van der Waals surface area (Å²) in [6.07, 6.45) is 5.57. The van der Waals surface area contributed by atoms with Gasteiger partial charge >= 0.3 is 5.69 Å². The number of aromatic hydroxyl groups is 1. The fourth-order valence-corrected chi connectivity index (χ4v) is 6.43. The van der Waals surface area contributed by atoms with Gasteiger partial charge in [0.25, 0.3) is 0 Å². The van der Waals surface area contributed by atoms with Gasteiger partial charge in [-0.2, -0.15) is 4.98 Å². The normalized spacial score (nSPS) is 18.0. The highest BCUT2D eigenvalue weighted by Gasteiger charge is 2.36. The number of hydrogen-bond donors (Lipinski definition) is 1. The molecule has 3 aromatic heterocycles. The maximum atomic E-state index is 15.3. The predicted octanol–water partition coefficient (Wildman–Crippen LogP) is 4.96. The van der Waals surface area contributed by atoms with Gasteiger partial charge in [0.05, 0.1) is 22.3 Å². The van der Waals surface area contributed by atoms with Crippen molar-refractivity contribution in [2.45, 2.75) is 58.9 Å². The first-order valence-corrected chi connectivity index (χ1v) is 14.6. The van der Waals surface area contributed by atoms with Crippen molar-refractivity contribution >= 4 is 22.8 Å². The first-order valence-electron chi connectivity index (χ1n) is 14.6. The Hall–Kier alpha value is -4.34. The van der Waals surface area contributed by atoms with E-state index < -0.39 is 11.5 Å². The number of pyridine rings is 2. The van der Waals surface area contributed by atoms with Crippen LogP contribution in [0.25, 0.3) is 27.8 Å². The van der Waals surface area contributed by atoms with E-state index >= 15 is 4.39 Å². The Bertz CT molecular complexity index is 1720. The van der Waals surface area contributed by atoms with Crippen LogP contribution in [0.4, 0.5) is 10.2 Å². The number of amides is 1. The topological polar surface area (TPSA) is 104 Å². The smallest absolute Gasteiger partial charge is 0.355 e. The Morgan fingerprint density at radius 2 is 1.74 bits per heavy atom. The minimum atomic E-state index is -0.591. The van der Waals surface area contributed by atoms with E-state index in [2.05, 4.69) is 15.0 Å². The molecule has 2 saturated heterocycles. The van der Waals surface area contributed by atoms with Crippen molar-refractivity contribution in [3.63, 3.8) is 0 Å². The number of carbonyl (C=O) groups is 1. The Labute approximate surface area is 243 Å². The molecule has 2 fully saturated rings. The lowest BCUT2D eigenvalue weighted by Gasteiger charge is -2.38. The molecule has 10 heteroatoms. The molecule has 1 amide bonds. The summed E-state index contributed by atoms with van der Waals surface area (Å²) in [7, 11) is 0. The summed E-state index contributed by atoms with van der Waals surface area (Å²) in [6.45, 7) is 9.80. The zero-order valence-electron chi connectivity index (χ0n) is 24.3. The quantitative estimate of drug-likeness (QED) is 0.362. The van der Waals surface area contributed by atoms with Crippen LogP contribution in [0.5, 0.6) is 5.75 Å². The van der Waals surface area contributed by atoms with Crippen molar-refractivity contribution in [3.8, 4) is 22.6 Å². The molecule has 4 aromatic rings. The second-order valence-electron chi connectivity index (χ2n) is 11.7. The highest BCUT2D eigenvalue weighted by atomic mass is 19.1. The number of anilines is 1. The second-order valence-corrected chi connectivity index (χ2v) is 11.7. The molecule has 2 aliphatic rings. The standard InChI is InChI=1S/C32H35FN6O3/c1-18(2)27-28(19(3)8-13-34-27)39-29-26(22(9-14-35-29)25-23(33)6-5-7-24(25)40)30(36-32(39)42)37-15-11-21(12-16-37)38-17-10-20(4)31(38)41/h5-9,13-14,18,20-21,40H,10-12,15-17H2,1-4H3. The van der Waals surface area contributed by atoms with Gasteiger partial charge in [-0.1, -0.05) is 26.8 Å². The molecule has 6 rings (SSSR count). The molecule has 9 nitrogen and oxygen atoms in total. The minimum absolute atomic E-state index is 0.00960. The number of fused-ring (bicyclic) bond motifs is 1. The average Bonchev–Trinajstić information content (AvgIpc) is 3.30. The zero-order valence-corrected chi connectivity index (χ0v) is 24.3. The molecule has 1 unspecified atom stereocenters. The van der Waals surface area contributed by atoms with Crippen molar-refractivity contribution in [1.29, 1.82) is 0 Å². The number of phenols is 1. The molecular formula is C32H35FN6O3. The van der Waals surface area contributed by atoms with Crippen molar-refractivity contribution in [2.75, 3.05) is 24.5 Å². The summed E-state index contributed by atoms with van der Waals surface area (Å²) in [5.74, 6) is -0.150. The molecule has 0 radical (unpaired) electrons. The van der Waals surface area contributed by atoms with Gasteiger partial charge in [-0.05, 0) is 61.9 Å². The number of hydrogen-bond acceptors (Lipinski definition) is 7. The zero-order chi connectivity index (χ0) is 29.7. The van der Waals surface area contributed by atoms with E-state index in [0.717, 1.165) is 37.1 Å². The third-order valence-corrected chi connectivity index (χ3v) is 8.66. The number of aryl methyl sites for hydroxylation is 1. The number of benzene rings is 1. The molecule has 0 bridgehead atoms. The SMILES string of the molecule is Cc1ccnc(C(C)C)c1-n1c(=O)nc(N2CCC(N3CCC(C)C3=O)CC2)c2c(-c3c(O)cccc3F)ccnc21. The molecule has 0 saturated carbocycles. The third kappa shape index (κ3) is 4.59. The average molecular weight is 571 g/mol. The van der Waals surface area contributed by atoms with E-state index in [1.165, 1.54) is 29.0 Å². The number of aromatic nitrogens is 4. The van der Waals surface area contributed by atoms with Crippen LogP contribution in [0.2, 0.25) is 0 Å². The molecular weight excluding hydrogens is 535 g/mol. The monoisotopic (exact) mass is 570 g/mol. The molecule has 0 aliphatic carbocycles. The summed E-state index contributed by atoms with van der Waals surface area (Å²) >= 11 is 0. The molecule has 5 heterocycles. The maximum absolute atomic E-state index is 15.3. The number of rotatable bonds is 5. The van der Waals surface area contributed by atoms with Crippen LogP contribution in [0.1, 0.15) is 57.2 Å². The summed E-state index contributed by atoms with van der Waals surface area (Å²) in [5, 5.41) is 11.3. The van der Waals surface area contributed by atoms with Crippen LogP contribution in [0, 0.1) is 18.7 Å². The number of piperidine rings is 1. The predicted molar refractivity (Wildman–Crippen MR) is 160 cm³/mol. The Morgan fingerprint density at radius 1 is 1.00 bits per heavy atom. The molecule has 2 aliphatic heterocycles. The number of phenolic OH excluding ortho intramolecular Hbond substituents is 1. The Morgan fingerprint density at radius 3 is 2.40 bits per heavy atom. The van der Waals surface area contributed by atoms with Crippen LogP contribution in [-0.2, 0) is 4.79 Å². The summed E-state index contributed by atoms with van der Waals surface area (Å²) in [6, 6.07) is 7.81. The van der Waals surface area contributed by atoms with Gasteiger partial charge in [-0.3, -0.25) is 9.78 Å². The van der Waals surface area contributed by atoms with Gasteiger partial charge in [-0.25, -0.2) is 18.7 Å². The third-order valence-electron chi connectivity index (χ3n) is 8.66. The fraction of sp³-hybridized carbons (Fsp3) is 0.406. The van der Waals surface area contributed by atoms with E-state index in [1.54, 1.807) is 12.3 Å². The van der Waals surface area contributed by atoms with Crippen LogP contribution >= 0.6 is 0 Å². The van der Waals surface area contributed by atoms with Gasteiger partial charge < -0.3 is 14.9 Å². The summed E-state index contributed by atoms with van der Waals surface area (Å²) < 4.78 is 16.8. The van der Waals surface area contributed by atoms with Crippen LogP contribution in [0.3, 0.4) is 0 Å². The maximum Gasteiger partial charge on any atom is 0.355 e. The van der Waals surface area contributed by atoms with Crippen molar-refractivity contribution in [1.82, 2.24) is 24.4 Å². The Balaban J connectivity index is 1.56. The summed E-state index contributed by atoms with van der Waals surface area (Å²) in [4.78, 5) is 44.5. The minimum Gasteiger partial charge on any atom is -0.507 e. The van der Waals surface area contributed by atoms with Gasteiger partial charge in [-0.15, -0.1) is 0 Å². The molecule has 0 spiro atoms. The molecule has 218 valence electrons. The lowest BCUT2D eigenvalue weighted by atomic mass is 9.99. The van der Waals surface area contributed by atoms with Crippen molar-refractivity contribution in [2.24, 2.45) is 5.92 Å². The highest BCUT2D eigenvalue weighted by molar-refractivity contribution is 6.02. The lowest BCUT2D eigenvalue weighted by Crippen LogP contribution is -2.46.